The fraction of sp³-hybridized carbons (Fsp3) is 0.286. The average molecular weight is 378 g/mol. The summed E-state index contributed by atoms with van der Waals surface area (Å²) in [4.78, 5) is 21.1. The summed E-state index contributed by atoms with van der Waals surface area (Å²) in [6.45, 7) is 3.01. The monoisotopic (exact) mass is 378 g/mol. The molecule has 0 saturated carbocycles. The van der Waals surface area contributed by atoms with Crippen LogP contribution < -0.4 is 9.64 Å². The van der Waals surface area contributed by atoms with Crippen molar-refractivity contribution in [2.24, 2.45) is 0 Å². The maximum Gasteiger partial charge on any atom is 0.236 e. The Labute approximate surface area is 163 Å². The summed E-state index contributed by atoms with van der Waals surface area (Å²) in [5.74, 6) is 1.58. The van der Waals surface area contributed by atoms with Crippen molar-refractivity contribution in [1.29, 1.82) is 0 Å². The summed E-state index contributed by atoms with van der Waals surface area (Å²) in [5, 5.41) is 3.99. The predicted molar refractivity (Wildman–Crippen MR) is 105 cm³/mol. The lowest BCUT2D eigenvalue weighted by Gasteiger charge is -2.36. The van der Waals surface area contributed by atoms with Gasteiger partial charge < -0.3 is 19.1 Å². The molecule has 28 heavy (non-hydrogen) atoms. The Kier molecular flexibility index (Phi) is 5.23. The molecule has 1 amide bonds. The van der Waals surface area contributed by atoms with Crippen LogP contribution in [0.2, 0.25) is 0 Å². The maximum absolute atomic E-state index is 12.6. The van der Waals surface area contributed by atoms with E-state index < -0.39 is 0 Å². The summed E-state index contributed by atoms with van der Waals surface area (Å²) >= 11 is 0. The molecular formula is C21H22N4O3. The number of rotatable bonds is 5. The van der Waals surface area contributed by atoms with Gasteiger partial charge in [0.2, 0.25) is 17.6 Å². The highest BCUT2D eigenvalue weighted by Gasteiger charge is 2.23. The summed E-state index contributed by atoms with van der Waals surface area (Å²) < 4.78 is 10.4. The van der Waals surface area contributed by atoms with Crippen LogP contribution in [0.4, 0.5) is 5.69 Å². The minimum atomic E-state index is 0.0117. The zero-order valence-electron chi connectivity index (χ0n) is 15.7. The molecule has 0 spiro atoms. The molecular weight excluding hydrogens is 356 g/mol. The van der Waals surface area contributed by atoms with Crippen molar-refractivity contribution in [2.45, 2.75) is 6.42 Å². The van der Waals surface area contributed by atoms with E-state index in [2.05, 4.69) is 27.2 Å². The molecule has 7 nitrogen and oxygen atoms in total. The zero-order chi connectivity index (χ0) is 19.3. The molecule has 0 N–H and O–H groups in total. The van der Waals surface area contributed by atoms with Gasteiger partial charge in [-0.15, -0.1) is 0 Å². The third-order valence-electron chi connectivity index (χ3n) is 4.87. The van der Waals surface area contributed by atoms with E-state index in [4.69, 9.17) is 9.26 Å². The van der Waals surface area contributed by atoms with E-state index in [9.17, 15) is 4.79 Å². The quantitative estimate of drug-likeness (QED) is 0.680. The second kappa shape index (κ2) is 8.12. The molecule has 0 bridgehead atoms. The van der Waals surface area contributed by atoms with Gasteiger partial charge in [0.05, 0.1) is 7.11 Å². The summed E-state index contributed by atoms with van der Waals surface area (Å²) in [6.07, 6.45) is 0.120. The first-order chi connectivity index (χ1) is 13.7. The second-order valence-electron chi connectivity index (χ2n) is 6.62. The minimum absolute atomic E-state index is 0.0117. The molecule has 1 aromatic heterocycles. The van der Waals surface area contributed by atoms with Crippen LogP contribution >= 0.6 is 0 Å². The Morgan fingerprint density at radius 3 is 2.43 bits per heavy atom. The van der Waals surface area contributed by atoms with Crippen molar-refractivity contribution in [3.63, 3.8) is 0 Å². The number of carbonyl (C=O) groups excluding carboxylic acids is 1. The number of benzene rings is 2. The first kappa shape index (κ1) is 18.0. The van der Waals surface area contributed by atoms with Crippen molar-refractivity contribution in [3.05, 3.63) is 60.5 Å². The minimum Gasteiger partial charge on any atom is -0.497 e. The average Bonchev–Trinajstić information content (AvgIpc) is 3.23. The van der Waals surface area contributed by atoms with Gasteiger partial charge in [0, 0.05) is 37.4 Å². The highest BCUT2D eigenvalue weighted by molar-refractivity contribution is 5.78. The molecule has 1 aliphatic rings. The maximum atomic E-state index is 12.6. The zero-order valence-corrected chi connectivity index (χ0v) is 15.7. The van der Waals surface area contributed by atoms with Crippen molar-refractivity contribution < 1.29 is 14.1 Å². The van der Waals surface area contributed by atoms with Crippen LogP contribution in [0.3, 0.4) is 0 Å². The van der Waals surface area contributed by atoms with Gasteiger partial charge in [0.25, 0.3) is 0 Å². The van der Waals surface area contributed by atoms with E-state index in [1.54, 1.807) is 7.11 Å². The number of hydrogen-bond acceptors (Lipinski definition) is 6. The predicted octanol–water partition coefficient (Wildman–Crippen LogP) is 2.64. The molecule has 1 aliphatic heterocycles. The second-order valence-corrected chi connectivity index (χ2v) is 6.62. The van der Waals surface area contributed by atoms with E-state index in [0.29, 0.717) is 24.8 Å². The summed E-state index contributed by atoms with van der Waals surface area (Å²) in [5.41, 5.74) is 2.01. The van der Waals surface area contributed by atoms with Gasteiger partial charge >= 0.3 is 0 Å². The number of nitrogens with zero attached hydrogens (tertiary/aromatic N) is 4. The number of hydrogen-bond donors (Lipinski definition) is 0. The lowest BCUT2D eigenvalue weighted by Crippen LogP contribution is -2.49. The van der Waals surface area contributed by atoms with Crippen LogP contribution in [-0.4, -0.2) is 54.2 Å². The largest absolute Gasteiger partial charge is 0.497 e. The molecule has 0 aliphatic carbocycles. The summed E-state index contributed by atoms with van der Waals surface area (Å²) in [7, 11) is 1.62. The molecule has 3 aromatic rings. The van der Waals surface area contributed by atoms with Gasteiger partial charge in [0.1, 0.15) is 12.2 Å². The van der Waals surface area contributed by atoms with E-state index in [0.717, 1.165) is 24.4 Å². The Balaban J connectivity index is 1.34. The van der Waals surface area contributed by atoms with E-state index in [-0.39, 0.29) is 12.3 Å². The van der Waals surface area contributed by atoms with Crippen LogP contribution in [0, 0.1) is 0 Å². The number of piperazine rings is 1. The highest BCUT2D eigenvalue weighted by atomic mass is 16.5. The van der Waals surface area contributed by atoms with Gasteiger partial charge in [-0.05, 0) is 36.4 Å². The fourth-order valence-corrected chi connectivity index (χ4v) is 3.28. The van der Waals surface area contributed by atoms with Crippen LogP contribution in [0.1, 0.15) is 5.89 Å². The van der Waals surface area contributed by atoms with Gasteiger partial charge in [-0.25, -0.2) is 0 Å². The molecule has 7 heteroatoms. The van der Waals surface area contributed by atoms with E-state index >= 15 is 0 Å². The molecule has 144 valence electrons. The van der Waals surface area contributed by atoms with Crippen LogP contribution in [-0.2, 0) is 11.2 Å². The van der Waals surface area contributed by atoms with Crippen LogP contribution in [0.15, 0.2) is 59.1 Å². The van der Waals surface area contributed by atoms with Gasteiger partial charge in [-0.2, -0.15) is 4.98 Å². The Bertz CT molecular complexity index is 916. The summed E-state index contributed by atoms with van der Waals surface area (Å²) in [6, 6.07) is 17.6. The molecule has 0 unspecified atom stereocenters. The SMILES string of the molecule is COc1ccc(-c2noc(CC(=O)N3CCN(c4ccccc4)CC3)n2)cc1. The van der Waals surface area contributed by atoms with Gasteiger partial charge in [-0.3, -0.25) is 4.79 Å². The molecule has 4 rings (SSSR count). The third kappa shape index (κ3) is 3.98. The Morgan fingerprint density at radius 2 is 1.75 bits per heavy atom. The highest BCUT2D eigenvalue weighted by Crippen LogP contribution is 2.20. The number of methoxy groups -OCH3 is 1. The third-order valence-corrected chi connectivity index (χ3v) is 4.87. The number of para-hydroxylation sites is 1. The van der Waals surface area contributed by atoms with Gasteiger partial charge in [0.15, 0.2) is 0 Å². The van der Waals surface area contributed by atoms with Crippen molar-refractivity contribution in [3.8, 4) is 17.1 Å². The number of aromatic nitrogens is 2. The number of carbonyl (C=O) groups is 1. The molecule has 2 heterocycles. The topological polar surface area (TPSA) is 71.7 Å². The molecule has 1 fully saturated rings. The van der Waals surface area contributed by atoms with E-state index in [1.807, 2.05) is 47.4 Å². The molecule has 2 aromatic carbocycles. The first-order valence-corrected chi connectivity index (χ1v) is 9.28. The molecule has 0 radical (unpaired) electrons. The van der Waals surface area contributed by atoms with Gasteiger partial charge in [-0.1, -0.05) is 23.4 Å². The first-order valence-electron chi connectivity index (χ1n) is 9.28. The molecule has 1 saturated heterocycles. The van der Waals surface area contributed by atoms with E-state index in [1.165, 1.54) is 5.69 Å². The normalized spacial score (nSPS) is 14.2. The molecule has 0 atom stereocenters. The number of ether oxygens (including phenoxy) is 1. The standard InChI is InChI=1S/C21H22N4O3/c1-27-18-9-7-16(8-10-18)21-22-19(28-23-21)15-20(26)25-13-11-24(12-14-25)17-5-3-2-4-6-17/h2-10H,11-15H2,1H3. The fourth-order valence-electron chi connectivity index (χ4n) is 3.28. The smallest absolute Gasteiger partial charge is 0.236 e. The van der Waals surface area contributed by atoms with Crippen molar-refractivity contribution in [2.75, 3.05) is 38.2 Å². The van der Waals surface area contributed by atoms with Crippen LogP contribution in [0.5, 0.6) is 5.75 Å². The van der Waals surface area contributed by atoms with Crippen LogP contribution in [0.25, 0.3) is 11.4 Å². The Hall–Kier alpha value is -3.35. The Morgan fingerprint density at radius 1 is 1.04 bits per heavy atom. The number of amides is 1. The number of anilines is 1. The van der Waals surface area contributed by atoms with Crippen molar-refractivity contribution >= 4 is 11.6 Å². The lowest BCUT2D eigenvalue weighted by atomic mass is 10.2. The van der Waals surface area contributed by atoms with Crippen molar-refractivity contribution in [1.82, 2.24) is 15.0 Å². The lowest BCUT2D eigenvalue weighted by molar-refractivity contribution is -0.131.